The van der Waals surface area contributed by atoms with Crippen LogP contribution in [-0.4, -0.2) is 21.1 Å². The molecule has 1 aromatic heterocycles. The molecule has 0 radical (unpaired) electrons. The Bertz CT molecular complexity index is 1020. The molecule has 0 saturated carbocycles. The number of fused-ring (bicyclic) bond motifs is 1. The minimum absolute atomic E-state index is 0.0833. The van der Waals surface area contributed by atoms with Gasteiger partial charge in [-0.1, -0.05) is 42.1 Å². The lowest BCUT2D eigenvalue weighted by Crippen LogP contribution is -2.33. The average Bonchev–Trinajstić information content (AvgIpc) is 2.67. The van der Waals surface area contributed by atoms with Crippen molar-refractivity contribution >= 4 is 28.6 Å². The van der Waals surface area contributed by atoms with Gasteiger partial charge in [-0.25, -0.2) is 14.4 Å². The summed E-state index contributed by atoms with van der Waals surface area (Å²) in [6.45, 7) is 3.33. The second kappa shape index (κ2) is 8.36. The Morgan fingerprint density at radius 3 is 2.34 bits per heavy atom. The molecule has 3 aromatic rings. The maximum atomic E-state index is 13.1. The summed E-state index contributed by atoms with van der Waals surface area (Å²) >= 11 is 0.928. The van der Waals surface area contributed by atoms with E-state index >= 15 is 0 Å². The number of carbonyl (C=O) groups is 1. The lowest BCUT2D eigenvalue weighted by molar-refractivity contribution is -0.145. The fraction of sp³-hybridized carbons (Fsp3) is 0.250. The summed E-state index contributed by atoms with van der Waals surface area (Å²) in [5, 5.41) is 2.59. The molecular weight excluding hydrogens is 406 g/mol. The Morgan fingerprint density at radius 2 is 1.69 bits per heavy atom. The summed E-state index contributed by atoms with van der Waals surface area (Å²) in [6.07, 6.45) is -4.69. The van der Waals surface area contributed by atoms with E-state index in [-0.39, 0.29) is 28.3 Å². The minimum Gasteiger partial charge on any atom is -0.349 e. The smallest absolute Gasteiger partial charge is 0.349 e. The van der Waals surface area contributed by atoms with Gasteiger partial charge in [0.25, 0.3) is 0 Å². The van der Waals surface area contributed by atoms with Gasteiger partial charge in [-0.3, -0.25) is 4.79 Å². The third-order valence-corrected chi connectivity index (χ3v) is 5.31. The first kappa shape index (κ1) is 21.0. The van der Waals surface area contributed by atoms with Gasteiger partial charge in [0.15, 0.2) is 0 Å². The first-order valence-electron chi connectivity index (χ1n) is 8.71. The number of carbonyl (C=O) groups excluding carboxylic acids is 1. The van der Waals surface area contributed by atoms with Crippen molar-refractivity contribution in [3.8, 4) is 0 Å². The molecular formula is C20H17F4N3OS. The number of benzene rings is 2. The molecule has 0 aliphatic rings. The van der Waals surface area contributed by atoms with Crippen molar-refractivity contribution in [1.29, 1.82) is 0 Å². The van der Waals surface area contributed by atoms with E-state index in [0.29, 0.717) is 10.9 Å². The second-order valence-corrected chi connectivity index (χ2v) is 7.74. The lowest BCUT2D eigenvalue weighted by atomic mass is 10.1. The van der Waals surface area contributed by atoms with E-state index in [2.05, 4.69) is 15.3 Å². The van der Waals surface area contributed by atoms with Crippen molar-refractivity contribution in [1.82, 2.24) is 15.3 Å². The molecule has 29 heavy (non-hydrogen) atoms. The highest BCUT2D eigenvalue weighted by Gasteiger charge is 2.36. The predicted octanol–water partition coefficient (Wildman–Crippen LogP) is 5.15. The van der Waals surface area contributed by atoms with Gasteiger partial charge in [-0.2, -0.15) is 13.2 Å². The highest BCUT2D eigenvalue weighted by Crippen LogP contribution is 2.33. The van der Waals surface area contributed by atoms with Gasteiger partial charge in [0.2, 0.25) is 11.7 Å². The van der Waals surface area contributed by atoms with Crippen LogP contribution in [0.4, 0.5) is 17.6 Å². The number of aromatic nitrogens is 2. The van der Waals surface area contributed by atoms with E-state index in [4.69, 9.17) is 0 Å². The molecule has 0 aliphatic carbocycles. The van der Waals surface area contributed by atoms with Crippen molar-refractivity contribution in [2.75, 3.05) is 0 Å². The first-order chi connectivity index (χ1) is 13.6. The number of alkyl halides is 3. The maximum absolute atomic E-state index is 13.1. The molecule has 1 heterocycles. The predicted molar refractivity (Wildman–Crippen MR) is 103 cm³/mol. The number of hydrogen-bond acceptors (Lipinski definition) is 4. The average molecular weight is 423 g/mol. The minimum atomic E-state index is -4.69. The maximum Gasteiger partial charge on any atom is 0.451 e. The van der Waals surface area contributed by atoms with Crippen molar-refractivity contribution < 1.29 is 22.4 Å². The third kappa shape index (κ3) is 5.03. The number of rotatable bonds is 5. The Hall–Kier alpha value is -2.68. The molecule has 0 spiro atoms. The Labute approximate surface area is 168 Å². The largest absolute Gasteiger partial charge is 0.451 e. The number of nitrogens with one attached hydrogen (secondary N) is 1. The monoisotopic (exact) mass is 423 g/mol. The lowest BCUT2D eigenvalue weighted by Gasteiger charge is -2.18. The molecule has 0 bridgehead atoms. The van der Waals surface area contributed by atoms with Crippen LogP contribution in [0.15, 0.2) is 53.6 Å². The van der Waals surface area contributed by atoms with Gasteiger partial charge in [0.1, 0.15) is 10.8 Å². The Kier molecular flexibility index (Phi) is 6.07. The molecule has 3 rings (SSSR count). The standard InChI is InChI=1S/C20H17F4N3OS/c1-11(13-7-9-14(21)10-8-13)25-17(28)12(2)29-18-15-5-3-4-6-16(15)26-19(27-18)20(22,23)24/h3-12H,1-2H3,(H,25,28)/t11-,12-/m1/s1. The third-order valence-electron chi connectivity index (χ3n) is 4.21. The molecule has 9 heteroatoms. The van der Waals surface area contributed by atoms with Crippen LogP contribution in [0.2, 0.25) is 0 Å². The van der Waals surface area contributed by atoms with Gasteiger partial charge >= 0.3 is 6.18 Å². The number of hydrogen-bond donors (Lipinski definition) is 1. The SMILES string of the molecule is C[C@@H](Sc1nc(C(F)(F)F)nc2ccccc12)C(=O)N[C@H](C)c1ccc(F)cc1. The topological polar surface area (TPSA) is 54.9 Å². The highest BCUT2D eigenvalue weighted by atomic mass is 32.2. The van der Waals surface area contributed by atoms with E-state index in [1.807, 2.05) is 0 Å². The van der Waals surface area contributed by atoms with E-state index in [1.165, 1.54) is 18.2 Å². The van der Waals surface area contributed by atoms with Crippen LogP contribution in [0, 0.1) is 5.82 Å². The first-order valence-corrected chi connectivity index (χ1v) is 9.59. The van der Waals surface area contributed by atoms with Gasteiger partial charge in [0, 0.05) is 5.39 Å². The number of nitrogens with zero attached hydrogens (tertiary/aromatic N) is 2. The Balaban J connectivity index is 1.80. The molecule has 4 nitrogen and oxygen atoms in total. The summed E-state index contributed by atoms with van der Waals surface area (Å²) in [5.41, 5.74) is 0.869. The normalized spacial score (nSPS) is 13.9. The van der Waals surface area contributed by atoms with Crippen LogP contribution in [0.5, 0.6) is 0 Å². The zero-order valence-electron chi connectivity index (χ0n) is 15.5. The van der Waals surface area contributed by atoms with Crippen LogP contribution in [0.25, 0.3) is 10.9 Å². The number of thioether (sulfide) groups is 1. The molecule has 1 N–H and O–H groups in total. The van der Waals surface area contributed by atoms with Gasteiger partial charge in [-0.05, 0) is 37.6 Å². The molecule has 0 unspecified atom stereocenters. The van der Waals surface area contributed by atoms with Crippen molar-refractivity contribution in [2.45, 2.75) is 36.3 Å². The molecule has 1 amide bonds. The summed E-state index contributed by atoms with van der Waals surface area (Å²) in [6, 6.07) is 11.7. The highest BCUT2D eigenvalue weighted by molar-refractivity contribution is 8.00. The molecule has 0 aliphatic heterocycles. The fourth-order valence-electron chi connectivity index (χ4n) is 2.65. The Morgan fingerprint density at radius 1 is 1.03 bits per heavy atom. The van der Waals surface area contributed by atoms with E-state index < -0.39 is 17.3 Å². The van der Waals surface area contributed by atoms with Crippen LogP contribution in [0.3, 0.4) is 0 Å². The number of amides is 1. The van der Waals surface area contributed by atoms with Crippen LogP contribution in [-0.2, 0) is 11.0 Å². The van der Waals surface area contributed by atoms with Gasteiger partial charge < -0.3 is 5.32 Å². The van der Waals surface area contributed by atoms with Crippen molar-refractivity contribution in [3.63, 3.8) is 0 Å². The molecule has 2 aromatic carbocycles. The summed E-state index contributed by atoms with van der Waals surface area (Å²) in [5.74, 6) is -2.00. The summed E-state index contributed by atoms with van der Waals surface area (Å²) in [4.78, 5) is 19.8. The van der Waals surface area contributed by atoms with E-state index in [9.17, 15) is 22.4 Å². The van der Waals surface area contributed by atoms with Crippen LogP contribution < -0.4 is 5.32 Å². The number of para-hydroxylation sites is 1. The molecule has 2 atom stereocenters. The van der Waals surface area contributed by atoms with Gasteiger partial charge in [-0.15, -0.1) is 0 Å². The second-order valence-electron chi connectivity index (χ2n) is 6.41. The van der Waals surface area contributed by atoms with E-state index in [0.717, 1.165) is 11.8 Å². The summed E-state index contributed by atoms with van der Waals surface area (Å²) < 4.78 is 52.5. The number of halogens is 4. The quantitative estimate of drug-likeness (QED) is 0.351. The van der Waals surface area contributed by atoms with E-state index in [1.54, 1.807) is 44.2 Å². The van der Waals surface area contributed by atoms with Crippen LogP contribution >= 0.6 is 11.8 Å². The fourth-order valence-corrected chi connectivity index (χ4v) is 3.60. The molecule has 152 valence electrons. The van der Waals surface area contributed by atoms with Gasteiger partial charge in [0.05, 0.1) is 16.8 Å². The van der Waals surface area contributed by atoms with Crippen molar-refractivity contribution in [3.05, 3.63) is 65.7 Å². The summed E-state index contributed by atoms with van der Waals surface area (Å²) in [7, 11) is 0. The zero-order valence-corrected chi connectivity index (χ0v) is 16.3. The molecule has 0 saturated heterocycles. The van der Waals surface area contributed by atoms with Crippen molar-refractivity contribution in [2.24, 2.45) is 0 Å². The molecule has 0 fully saturated rings. The van der Waals surface area contributed by atoms with Crippen LogP contribution in [0.1, 0.15) is 31.3 Å². The zero-order chi connectivity index (χ0) is 21.2.